The Labute approximate surface area is 276 Å². The lowest BCUT2D eigenvalue weighted by atomic mass is 10.0. The zero-order chi connectivity index (χ0) is 32.7. The Balaban J connectivity index is 1.99. The highest BCUT2D eigenvalue weighted by molar-refractivity contribution is 7.90. The van der Waals surface area contributed by atoms with E-state index < -0.39 is 11.9 Å². The van der Waals surface area contributed by atoms with Crippen LogP contribution in [0.15, 0.2) is 0 Å². The summed E-state index contributed by atoms with van der Waals surface area (Å²) in [5, 5.41) is 25.9. The van der Waals surface area contributed by atoms with E-state index in [9.17, 15) is 19.8 Å². The van der Waals surface area contributed by atoms with Crippen molar-refractivity contribution in [2.75, 3.05) is 0 Å². The van der Waals surface area contributed by atoms with Gasteiger partial charge in [0.15, 0.2) is 0 Å². The number of fused-ring (bicyclic) bond motifs is 8. The summed E-state index contributed by atoms with van der Waals surface area (Å²) in [6.07, 6.45) is 8.75. The Morgan fingerprint density at radius 3 is 1.89 bits per heavy atom. The Morgan fingerprint density at radius 1 is 0.756 bits per heavy atom. The zero-order valence-electron chi connectivity index (χ0n) is 25.8. The Bertz CT molecular complexity index is 2230. The molecule has 0 fully saturated rings. The Kier molecular flexibility index (Phi) is 9.44. The number of aromatic nitrogens is 4. The molecule has 45 heavy (non-hydrogen) atoms. The summed E-state index contributed by atoms with van der Waals surface area (Å²) in [4.78, 5) is 38.4. The molecule has 1 atom stereocenters. The van der Waals surface area contributed by atoms with Crippen molar-refractivity contribution < 1.29 is 19.8 Å². The second kappa shape index (κ2) is 13.0. The van der Waals surface area contributed by atoms with E-state index >= 15 is 0 Å². The van der Waals surface area contributed by atoms with Gasteiger partial charge in [0.05, 0.1) is 0 Å². The molecule has 0 aromatic carbocycles. The number of hydrogen-bond donors (Lipinski definition) is 9. The van der Waals surface area contributed by atoms with Crippen LogP contribution in [0.3, 0.4) is 0 Å². The van der Waals surface area contributed by atoms with Gasteiger partial charge in [0, 0.05) is 72.7 Å². The van der Waals surface area contributed by atoms with Crippen molar-refractivity contribution in [3.8, 4) is 0 Å². The monoisotopic (exact) mass is 662 g/mol. The fourth-order valence-electron chi connectivity index (χ4n) is 6.33. The third-order valence-electron chi connectivity index (χ3n) is 8.61. The van der Waals surface area contributed by atoms with Gasteiger partial charge < -0.3 is 30.1 Å². The molecular formula is C34H38N4O4S3. The minimum absolute atomic E-state index is 0.0187. The Morgan fingerprint density at radius 2 is 1.29 bits per heavy atom. The lowest BCUT2D eigenvalue weighted by Gasteiger charge is -2.05. The number of aromatic amines is 4. The largest absolute Gasteiger partial charge is 0.481 e. The lowest BCUT2D eigenvalue weighted by molar-refractivity contribution is -0.138. The average molecular weight is 663 g/mol. The van der Waals surface area contributed by atoms with Gasteiger partial charge >= 0.3 is 11.9 Å². The van der Waals surface area contributed by atoms with Gasteiger partial charge in [-0.2, -0.15) is 25.3 Å². The van der Waals surface area contributed by atoms with E-state index in [0.717, 1.165) is 92.9 Å². The maximum atomic E-state index is 11.6. The van der Waals surface area contributed by atoms with Crippen molar-refractivity contribution in [1.29, 1.82) is 0 Å². The van der Waals surface area contributed by atoms with Crippen molar-refractivity contribution in [1.82, 2.24) is 19.9 Å². The van der Waals surface area contributed by atoms with Crippen LogP contribution in [0.25, 0.3) is 34.6 Å². The first-order valence-corrected chi connectivity index (χ1v) is 16.2. The number of carboxylic acid groups (broad SMARTS) is 2. The van der Waals surface area contributed by atoms with Gasteiger partial charge in [0.2, 0.25) is 0 Å². The maximum Gasteiger partial charge on any atom is 0.303 e. The molecule has 5 rings (SSSR count). The van der Waals surface area contributed by atoms with E-state index in [1.807, 2.05) is 39.8 Å². The molecule has 0 aliphatic carbocycles. The molecule has 1 aliphatic heterocycles. The summed E-state index contributed by atoms with van der Waals surface area (Å²) in [5.41, 5.74) is 9.23. The minimum atomic E-state index is -0.879. The van der Waals surface area contributed by atoms with E-state index in [2.05, 4.69) is 51.6 Å². The second-order valence-electron chi connectivity index (χ2n) is 11.6. The van der Waals surface area contributed by atoms with Crippen LogP contribution in [-0.4, -0.2) is 42.1 Å². The minimum Gasteiger partial charge on any atom is -0.481 e. The normalized spacial score (nSPS) is 17.3. The van der Waals surface area contributed by atoms with Crippen LogP contribution in [-0.2, 0) is 22.4 Å². The molecule has 5 heterocycles. The third-order valence-corrected chi connectivity index (χ3v) is 9.35. The quantitative estimate of drug-likeness (QED) is 0.124. The molecule has 0 saturated carbocycles. The summed E-state index contributed by atoms with van der Waals surface area (Å²) in [6, 6.07) is 0. The van der Waals surface area contributed by atoms with Crippen LogP contribution in [0.2, 0.25) is 0 Å². The van der Waals surface area contributed by atoms with Gasteiger partial charge in [-0.15, -0.1) is 12.6 Å². The number of hydrogen-bond acceptors (Lipinski definition) is 5. The summed E-state index contributed by atoms with van der Waals surface area (Å²) in [6.45, 7) is 10.0. The highest BCUT2D eigenvalue weighted by Gasteiger charge is 2.18. The van der Waals surface area contributed by atoms with Crippen molar-refractivity contribution in [2.45, 2.75) is 65.6 Å². The third kappa shape index (κ3) is 6.39. The molecule has 0 spiro atoms. The van der Waals surface area contributed by atoms with Crippen LogP contribution in [0.1, 0.15) is 88.1 Å². The smallest absolute Gasteiger partial charge is 0.303 e. The number of nitrogens with one attached hydrogen (secondary N) is 4. The molecule has 4 aromatic heterocycles. The first kappa shape index (κ1) is 32.7. The molecule has 11 heteroatoms. The van der Waals surface area contributed by atoms with E-state index in [1.54, 1.807) is 5.41 Å². The van der Waals surface area contributed by atoms with E-state index in [-0.39, 0.29) is 18.1 Å². The van der Waals surface area contributed by atoms with Gasteiger partial charge in [0.1, 0.15) is 0 Å². The summed E-state index contributed by atoms with van der Waals surface area (Å²) in [5.74, 6) is -1.75. The van der Waals surface area contributed by atoms with Crippen LogP contribution < -0.4 is 31.8 Å². The highest BCUT2D eigenvalue weighted by Crippen LogP contribution is 2.30. The fourth-order valence-corrected chi connectivity index (χ4v) is 7.17. The van der Waals surface area contributed by atoms with Gasteiger partial charge in [-0.25, -0.2) is 0 Å². The van der Waals surface area contributed by atoms with Gasteiger partial charge in [0.25, 0.3) is 0 Å². The standard InChI is InChI=1S/C34H38N4O4S3/c1-15-20(6-8-31(39)40)26-13-27-21(7-9-32(41)42)16(2)24(36-27)11-29-33(18(4)44)17(3)25(37-29)12-30-34(19(5)45)22(14-43)28(38-30)10-23(15)35-26/h10-14,18,35-38,43-45H,6-9H2,1-5H3,(H,39,40)(H,41,42)/b22-14+,24-11-,27-13-,28-10-,30-12-,34-19-/t18-/m0/s1. The molecular weight excluding hydrogens is 625 g/mol. The molecule has 8 bridgehead atoms. The highest BCUT2D eigenvalue weighted by atomic mass is 32.1. The number of H-pyrrole nitrogens is 4. The first-order valence-electron chi connectivity index (χ1n) is 14.7. The number of aliphatic carboxylic acids is 2. The van der Waals surface area contributed by atoms with E-state index in [4.69, 9.17) is 25.3 Å². The van der Waals surface area contributed by atoms with Gasteiger partial charge in [-0.1, -0.05) is 0 Å². The van der Waals surface area contributed by atoms with Crippen molar-refractivity contribution in [3.05, 3.63) is 88.0 Å². The molecule has 0 radical (unpaired) electrons. The van der Waals surface area contributed by atoms with Crippen LogP contribution in [0, 0.1) is 20.8 Å². The van der Waals surface area contributed by atoms with Crippen molar-refractivity contribution >= 4 is 84.4 Å². The van der Waals surface area contributed by atoms with Crippen molar-refractivity contribution in [3.63, 3.8) is 0 Å². The lowest BCUT2D eigenvalue weighted by Crippen LogP contribution is -2.38. The summed E-state index contributed by atoms with van der Waals surface area (Å²) in [7, 11) is 0. The number of thiol groups is 3. The molecule has 1 aliphatic rings. The zero-order valence-corrected chi connectivity index (χ0v) is 28.5. The summed E-state index contributed by atoms with van der Waals surface area (Å²) >= 11 is 14.1. The van der Waals surface area contributed by atoms with Gasteiger partial charge in [-0.05, 0) is 115 Å². The summed E-state index contributed by atoms with van der Waals surface area (Å²) < 4.78 is 0. The first-order chi connectivity index (χ1) is 21.3. The van der Waals surface area contributed by atoms with Crippen LogP contribution in [0.5, 0.6) is 0 Å². The van der Waals surface area contributed by atoms with Crippen LogP contribution >= 0.6 is 37.9 Å². The van der Waals surface area contributed by atoms with E-state index in [0.29, 0.717) is 12.8 Å². The molecule has 4 aromatic rings. The maximum absolute atomic E-state index is 11.6. The SMILES string of the molecule is C/C(S)=c1c2/[nH]c(/c/1=C\S)=C\c1[nH]c(c(CCC(=O)O)c1C)/C=c1\[nH]/c(c(C)c1CCC(=O)O)=C\c1[nH]c(c(C)c1[C@H](C)S)\C=2. The number of carboxylic acids is 2. The topological polar surface area (TPSA) is 138 Å². The van der Waals surface area contributed by atoms with E-state index in [1.165, 1.54) is 0 Å². The van der Waals surface area contributed by atoms with Crippen LogP contribution in [0.4, 0.5) is 0 Å². The Hall–Kier alpha value is -3.67. The van der Waals surface area contributed by atoms with Crippen molar-refractivity contribution in [2.24, 2.45) is 0 Å². The molecule has 0 amide bonds. The second-order valence-corrected chi connectivity index (χ2v) is 13.3. The average Bonchev–Trinajstić information content (AvgIpc) is 3.64. The molecule has 0 saturated heterocycles. The number of rotatable bonds is 7. The molecule has 8 nitrogen and oxygen atoms in total. The predicted octanol–water partition coefficient (Wildman–Crippen LogP) is 2.30. The molecule has 236 valence electrons. The molecule has 0 unspecified atom stereocenters. The molecule has 6 N–H and O–H groups in total. The van der Waals surface area contributed by atoms with Gasteiger partial charge in [-0.3, -0.25) is 9.59 Å². The number of carbonyl (C=O) groups is 2. The fraction of sp³-hybridized carbons (Fsp3) is 0.294. The predicted molar refractivity (Wildman–Crippen MR) is 190 cm³/mol.